The van der Waals surface area contributed by atoms with Crippen molar-refractivity contribution in [2.24, 2.45) is 5.92 Å². The Morgan fingerprint density at radius 3 is 2.18 bits per heavy atom. The third kappa shape index (κ3) is 5.42. The van der Waals surface area contributed by atoms with Gasteiger partial charge < -0.3 is 5.32 Å². The van der Waals surface area contributed by atoms with Gasteiger partial charge in [-0.1, -0.05) is 25.7 Å². The number of sulfonamides is 1. The number of nitrogens with zero attached hydrogens (tertiary/aromatic N) is 3. The fourth-order valence-corrected chi connectivity index (χ4v) is 7.26. The Hall–Kier alpha value is -1.95. The highest BCUT2D eigenvalue weighted by Gasteiger charge is 2.39. The number of carbonyl (C=O) groups excluding carboxylic acids is 1. The maximum absolute atomic E-state index is 13.0. The summed E-state index contributed by atoms with van der Waals surface area (Å²) in [7, 11) is -3.60. The van der Waals surface area contributed by atoms with Crippen molar-refractivity contribution in [3.05, 3.63) is 29.8 Å². The maximum atomic E-state index is 13.0. The molecular formula is C25H36N4O3S. The number of nitriles is 1. The van der Waals surface area contributed by atoms with E-state index in [9.17, 15) is 13.2 Å². The second-order valence-corrected chi connectivity index (χ2v) is 11.8. The van der Waals surface area contributed by atoms with Crippen LogP contribution in [0.15, 0.2) is 29.2 Å². The van der Waals surface area contributed by atoms with E-state index in [0.717, 1.165) is 32.5 Å². The lowest BCUT2D eigenvalue weighted by molar-refractivity contribution is -0.127. The summed E-state index contributed by atoms with van der Waals surface area (Å²) >= 11 is 0. The van der Waals surface area contributed by atoms with Crippen molar-refractivity contribution < 1.29 is 13.2 Å². The smallest absolute Gasteiger partial charge is 0.243 e. The fourth-order valence-electron chi connectivity index (χ4n) is 5.79. The second kappa shape index (κ2) is 10.5. The summed E-state index contributed by atoms with van der Waals surface area (Å²) in [6.45, 7) is 3.69. The van der Waals surface area contributed by atoms with Gasteiger partial charge in [-0.05, 0) is 75.9 Å². The molecule has 0 atom stereocenters. The summed E-state index contributed by atoms with van der Waals surface area (Å²) in [6, 6.07) is 8.02. The fraction of sp³-hybridized carbons (Fsp3) is 0.680. The summed E-state index contributed by atoms with van der Waals surface area (Å²) in [6.07, 6.45) is 11.0. The first kappa shape index (κ1) is 24.2. The Morgan fingerprint density at radius 1 is 0.970 bits per heavy atom. The third-order valence-corrected chi connectivity index (χ3v) is 9.76. The molecule has 180 valence electrons. The summed E-state index contributed by atoms with van der Waals surface area (Å²) in [5.74, 6) is -0.0632. The molecule has 1 saturated carbocycles. The van der Waals surface area contributed by atoms with Crippen LogP contribution in [-0.4, -0.2) is 61.8 Å². The molecule has 0 unspecified atom stereocenters. The largest absolute Gasteiger partial charge is 0.354 e. The molecule has 2 aliphatic heterocycles. The standard InChI is InChI=1S/C25H36N4O3S/c26-19-21-7-9-23(10-8-21)33(31,32)29-17-11-22(12-18-29)24(30)27-20-25(13-3-1-4-14-25)28-15-5-2-6-16-28/h7-10,22H,1-6,11-18,20H2,(H,27,30). The van der Waals surface area contributed by atoms with Gasteiger partial charge in [0.1, 0.15) is 0 Å². The Kier molecular flexibility index (Phi) is 7.72. The minimum Gasteiger partial charge on any atom is -0.354 e. The molecule has 0 bridgehead atoms. The van der Waals surface area contributed by atoms with Crippen LogP contribution in [0.4, 0.5) is 0 Å². The van der Waals surface area contributed by atoms with E-state index >= 15 is 0 Å². The molecule has 0 spiro atoms. The van der Waals surface area contributed by atoms with Gasteiger partial charge in [0.25, 0.3) is 0 Å². The third-order valence-electron chi connectivity index (χ3n) is 7.85. The van der Waals surface area contributed by atoms with E-state index in [1.54, 1.807) is 0 Å². The summed E-state index contributed by atoms with van der Waals surface area (Å²) in [4.78, 5) is 15.9. The number of nitrogens with one attached hydrogen (secondary N) is 1. The number of hydrogen-bond donors (Lipinski definition) is 1. The van der Waals surface area contributed by atoms with Crippen LogP contribution in [0.3, 0.4) is 0 Å². The van der Waals surface area contributed by atoms with Gasteiger partial charge in [0.15, 0.2) is 0 Å². The van der Waals surface area contributed by atoms with Gasteiger partial charge in [-0.15, -0.1) is 0 Å². The SMILES string of the molecule is N#Cc1ccc(S(=O)(=O)N2CCC(C(=O)NCC3(N4CCCCC4)CCCCC3)CC2)cc1. The Balaban J connectivity index is 1.32. The number of carbonyl (C=O) groups is 1. The van der Waals surface area contributed by atoms with Crippen molar-refractivity contribution in [1.82, 2.24) is 14.5 Å². The first-order valence-electron chi connectivity index (χ1n) is 12.5. The van der Waals surface area contributed by atoms with Crippen LogP contribution in [0.1, 0.15) is 69.8 Å². The molecule has 1 aliphatic carbocycles. The van der Waals surface area contributed by atoms with Crippen molar-refractivity contribution in [1.29, 1.82) is 5.26 Å². The van der Waals surface area contributed by atoms with Crippen molar-refractivity contribution in [3.63, 3.8) is 0 Å². The van der Waals surface area contributed by atoms with E-state index in [1.807, 2.05) is 6.07 Å². The maximum Gasteiger partial charge on any atom is 0.243 e. The molecule has 2 heterocycles. The van der Waals surface area contributed by atoms with Crippen LogP contribution < -0.4 is 5.32 Å². The lowest BCUT2D eigenvalue weighted by Crippen LogP contribution is -2.58. The summed E-state index contributed by atoms with van der Waals surface area (Å²) < 4.78 is 27.4. The highest BCUT2D eigenvalue weighted by atomic mass is 32.2. The van der Waals surface area contributed by atoms with Crippen molar-refractivity contribution in [3.8, 4) is 6.07 Å². The molecular weight excluding hydrogens is 436 g/mol. The van der Waals surface area contributed by atoms with Crippen LogP contribution in [0.5, 0.6) is 0 Å². The van der Waals surface area contributed by atoms with E-state index in [1.165, 1.54) is 67.1 Å². The minimum atomic E-state index is -3.60. The number of rotatable bonds is 6. The lowest BCUT2D eigenvalue weighted by atomic mass is 9.79. The number of amides is 1. The van der Waals surface area contributed by atoms with E-state index in [-0.39, 0.29) is 22.3 Å². The summed E-state index contributed by atoms with van der Waals surface area (Å²) in [5, 5.41) is 12.2. The molecule has 3 fully saturated rings. The second-order valence-electron chi connectivity index (χ2n) is 9.87. The molecule has 4 rings (SSSR count). The van der Waals surface area contributed by atoms with E-state index < -0.39 is 10.0 Å². The Bertz CT molecular complexity index is 950. The highest BCUT2D eigenvalue weighted by Crippen LogP contribution is 2.35. The molecule has 0 aromatic heterocycles. The van der Waals surface area contributed by atoms with Crippen LogP contribution in [-0.2, 0) is 14.8 Å². The van der Waals surface area contributed by atoms with Crippen molar-refractivity contribution in [2.45, 2.75) is 74.6 Å². The van der Waals surface area contributed by atoms with Crippen molar-refractivity contribution in [2.75, 3.05) is 32.7 Å². The molecule has 0 radical (unpaired) electrons. The van der Waals surface area contributed by atoms with Crippen LogP contribution in [0.25, 0.3) is 0 Å². The molecule has 8 heteroatoms. The van der Waals surface area contributed by atoms with Gasteiger partial charge in [-0.25, -0.2) is 8.42 Å². The van der Waals surface area contributed by atoms with Gasteiger partial charge >= 0.3 is 0 Å². The van der Waals surface area contributed by atoms with Gasteiger partial charge in [0, 0.05) is 31.1 Å². The quantitative estimate of drug-likeness (QED) is 0.686. The zero-order valence-corrected chi connectivity index (χ0v) is 20.3. The average Bonchev–Trinajstić information content (AvgIpc) is 2.88. The molecule has 1 N–H and O–H groups in total. The molecule has 1 aromatic carbocycles. The summed E-state index contributed by atoms with van der Waals surface area (Å²) in [5.41, 5.74) is 0.540. The molecule has 33 heavy (non-hydrogen) atoms. The Morgan fingerprint density at radius 2 is 1.58 bits per heavy atom. The highest BCUT2D eigenvalue weighted by molar-refractivity contribution is 7.89. The topological polar surface area (TPSA) is 93.5 Å². The zero-order chi connectivity index (χ0) is 23.3. The Labute approximate surface area is 198 Å². The van der Waals surface area contributed by atoms with Crippen LogP contribution in [0, 0.1) is 17.2 Å². The van der Waals surface area contributed by atoms with E-state index in [0.29, 0.717) is 31.5 Å². The van der Waals surface area contributed by atoms with Gasteiger partial charge in [-0.2, -0.15) is 9.57 Å². The first-order valence-corrected chi connectivity index (χ1v) is 13.9. The molecule has 3 aliphatic rings. The van der Waals surface area contributed by atoms with Crippen molar-refractivity contribution >= 4 is 15.9 Å². The molecule has 1 aromatic rings. The van der Waals surface area contributed by atoms with Crippen LogP contribution in [0.2, 0.25) is 0 Å². The molecule has 2 saturated heterocycles. The minimum absolute atomic E-state index is 0.0763. The monoisotopic (exact) mass is 472 g/mol. The van der Waals surface area contributed by atoms with Gasteiger partial charge in [-0.3, -0.25) is 9.69 Å². The zero-order valence-electron chi connectivity index (χ0n) is 19.5. The predicted molar refractivity (Wildman–Crippen MR) is 127 cm³/mol. The van der Waals surface area contributed by atoms with Gasteiger partial charge in [0.2, 0.25) is 15.9 Å². The normalized spacial score (nSPS) is 23.0. The number of hydrogen-bond acceptors (Lipinski definition) is 5. The predicted octanol–water partition coefficient (Wildman–Crippen LogP) is 3.26. The first-order chi connectivity index (χ1) is 15.9. The number of benzene rings is 1. The van der Waals surface area contributed by atoms with E-state index in [4.69, 9.17) is 5.26 Å². The lowest BCUT2D eigenvalue weighted by Gasteiger charge is -2.48. The van der Waals surface area contributed by atoms with Crippen LogP contribution >= 0.6 is 0 Å². The van der Waals surface area contributed by atoms with Gasteiger partial charge in [0.05, 0.1) is 16.5 Å². The molecule has 7 nitrogen and oxygen atoms in total. The molecule has 1 amide bonds. The number of likely N-dealkylation sites (tertiary alicyclic amines) is 1. The number of piperidine rings is 2. The average molecular weight is 473 g/mol. The van der Waals surface area contributed by atoms with E-state index in [2.05, 4.69) is 10.2 Å².